The van der Waals surface area contributed by atoms with Gasteiger partial charge < -0.3 is 10.4 Å². The maximum absolute atomic E-state index is 11.8. The van der Waals surface area contributed by atoms with Crippen LogP contribution >= 0.6 is 0 Å². The number of benzene rings is 1. The number of aromatic nitrogens is 2. The third-order valence-corrected chi connectivity index (χ3v) is 2.67. The number of hydrogen-bond acceptors (Lipinski definition) is 4. The van der Waals surface area contributed by atoms with Gasteiger partial charge in [0.15, 0.2) is 0 Å². The molecule has 0 aliphatic heterocycles. The Morgan fingerprint density at radius 1 is 1.32 bits per heavy atom. The summed E-state index contributed by atoms with van der Waals surface area (Å²) in [6, 6.07) is 7.21. The lowest BCUT2D eigenvalue weighted by molar-refractivity contribution is -0.140. The molecule has 98 valence electrons. The van der Waals surface area contributed by atoms with E-state index in [0.29, 0.717) is 11.0 Å². The van der Waals surface area contributed by atoms with Gasteiger partial charge in [-0.25, -0.2) is 4.98 Å². The number of amides is 1. The Bertz CT molecular complexity index is 627. The molecule has 1 aromatic heterocycles. The third kappa shape index (κ3) is 3.04. The van der Waals surface area contributed by atoms with Crippen molar-refractivity contribution in [2.75, 3.05) is 6.54 Å². The van der Waals surface area contributed by atoms with Gasteiger partial charge >= 0.3 is 5.97 Å². The maximum atomic E-state index is 11.8. The Morgan fingerprint density at radius 3 is 2.68 bits per heavy atom. The van der Waals surface area contributed by atoms with Crippen molar-refractivity contribution < 1.29 is 14.7 Å². The predicted octanol–water partition coefficient (Wildman–Crippen LogP) is 1.08. The molecule has 2 rings (SSSR count). The molecule has 19 heavy (non-hydrogen) atoms. The van der Waals surface area contributed by atoms with Crippen molar-refractivity contribution in [1.29, 1.82) is 0 Å². The van der Waals surface area contributed by atoms with Crippen molar-refractivity contribution in [1.82, 2.24) is 15.3 Å². The van der Waals surface area contributed by atoms with Gasteiger partial charge in [-0.05, 0) is 12.1 Å². The first-order valence-corrected chi connectivity index (χ1v) is 5.80. The average molecular weight is 259 g/mol. The number of carboxylic acids is 1. The van der Waals surface area contributed by atoms with Crippen molar-refractivity contribution >= 4 is 22.9 Å². The molecule has 0 bridgehead atoms. The second-order valence-corrected chi connectivity index (χ2v) is 4.19. The average Bonchev–Trinajstić information content (AvgIpc) is 2.43. The first kappa shape index (κ1) is 12.9. The molecule has 6 heteroatoms. The van der Waals surface area contributed by atoms with Crippen LogP contribution in [-0.4, -0.2) is 33.5 Å². The molecule has 0 saturated carbocycles. The minimum atomic E-state index is -0.954. The summed E-state index contributed by atoms with van der Waals surface area (Å²) in [6.07, 6.45) is 1.38. The summed E-state index contributed by atoms with van der Waals surface area (Å²) in [4.78, 5) is 30.8. The van der Waals surface area contributed by atoms with Crippen LogP contribution in [0.4, 0.5) is 0 Å². The van der Waals surface area contributed by atoms with Crippen LogP contribution in [0.2, 0.25) is 0 Å². The predicted molar refractivity (Wildman–Crippen MR) is 68.7 cm³/mol. The van der Waals surface area contributed by atoms with Gasteiger partial charge in [0.05, 0.1) is 23.1 Å². The quantitative estimate of drug-likeness (QED) is 0.857. The van der Waals surface area contributed by atoms with Crippen LogP contribution in [0.15, 0.2) is 30.5 Å². The fraction of sp³-hybridized carbons (Fsp3) is 0.231. The zero-order valence-corrected chi connectivity index (χ0v) is 10.3. The SMILES string of the molecule is CC(CNC(=O)c1cnc2ccccc2n1)C(=O)O. The van der Waals surface area contributed by atoms with Gasteiger partial charge in [-0.1, -0.05) is 19.1 Å². The highest BCUT2D eigenvalue weighted by atomic mass is 16.4. The third-order valence-electron chi connectivity index (χ3n) is 2.67. The standard InChI is InChI=1S/C13H13N3O3/c1-8(13(18)19)6-15-12(17)11-7-14-9-4-2-3-5-10(9)16-11/h2-5,7-8H,6H2,1H3,(H,15,17)(H,18,19). The van der Waals surface area contributed by atoms with E-state index in [1.807, 2.05) is 12.1 Å². The first-order valence-electron chi connectivity index (χ1n) is 5.80. The van der Waals surface area contributed by atoms with E-state index < -0.39 is 17.8 Å². The molecule has 6 nitrogen and oxygen atoms in total. The topological polar surface area (TPSA) is 92.2 Å². The highest BCUT2D eigenvalue weighted by Gasteiger charge is 2.14. The Morgan fingerprint density at radius 2 is 2.00 bits per heavy atom. The highest BCUT2D eigenvalue weighted by molar-refractivity contribution is 5.93. The number of carbonyl (C=O) groups is 2. The van der Waals surface area contributed by atoms with E-state index in [-0.39, 0.29) is 12.2 Å². The number of nitrogens with zero attached hydrogens (tertiary/aromatic N) is 2. The minimum absolute atomic E-state index is 0.0582. The fourth-order valence-corrected chi connectivity index (χ4v) is 1.49. The van der Waals surface area contributed by atoms with Crippen LogP contribution in [0.5, 0.6) is 0 Å². The van der Waals surface area contributed by atoms with Crippen molar-refractivity contribution in [3.8, 4) is 0 Å². The smallest absolute Gasteiger partial charge is 0.308 e. The van der Waals surface area contributed by atoms with Crippen LogP contribution < -0.4 is 5.32 Å². The second-order valence-electron chi connectivity index (χ2n) is 4.19. The normalized spacial score (nSPS) is 12.1. The van der Waals surface area contributed by atoms with Gasteiger partial charge in [0.25, 0.3) is 5.91 Å². The molecule has 2 aromatic rings. The molecule has 0 fully saturated rings. The zero-order chi connectivity index (χ0) is 13.8. The molecule has 0 aliphatic rings. The van der Waals surface area contributed by atoms with Crippen LogP contribution in [-0.2, 0) is 4.79 Å². The van der Waals surface area contributed by atoms with Gasteiger partial charge in [0, 0.05) is 6.54 Å². The Hall–Kier alpha value is -2.50. The van der Waals surface area contributed by atoms with Gasteiger partial charge in [0.1, 0.15) is 5.69 Å². The van der Waals surface area contributed by atoms with Crippen LogP contribution in [0, 0.1) is 5.92 Å². The van der Waals surface area contributed by atoms with E-state index in [0.717, 1.165) is 0 Å². The molecule has 1 unspecified atom stereocenters. The Kier molecular flexibility index (Phi) is 3.70. The van der Waals surface area contributed by atoms with E-state index in [1.54, 1.807) is 12.1 Å². The van der Waals surface area contributed by atoms with Crippen LogP contribution in [0.1, 0.15) is 17.4 Å². The summed E-state index contributed by atoms with van der Waals surface area (Å²) in [5.74, 6) is -2.02. The molecule has 1 heterocycles. The lowest BCUT2D eigenvalue weighted by Gasteiger charge is -2.08. The monoisotopic (exact) mass is 259 g/mol. The van der Waals surface area contributed by atoms with E-state index in [4.69, 9.17) is 5.11 Å². The molecule has 0 radical (unpaired) electrons. The highest BCUT2D eigenvalue weighted by Crippen LogP contribution is 2.08. The van der Waals surface area contributed by atoms with E-state index in [2.05, 4.69) is 15.3 Å². The molecule has 0 saturated heterocycles. The molecule has 2 N–H and O–H groups in total. The molecule has 0 spiro atoms. The summed E-state index contributed by atoms with van der Waals surface area (Å²) in [5, 5.41) is 11.3. The van der Waals surface area contributed by atoms with Gasteiger partial charge in [-0.15, -0.1) is 0 Å². The first-order chi connectivity index (χ1) is 9.08. The zero-order valence-electron chi connectivity index (χ0n) is 10.3. The maximum Gasteiger partial charge on any atom is 0.308 e. The number of fused-ring (bicyclic) bond motifs is 1. The number of aliphatic carboxylic acids is 1. The van der Waals surface area contributed by atoms with Gasteiger partial charge in [-0.3, -0.25) is 14.6 Å². The summed E-state index contributed by atoms with van der Waals surface area (Å²) in [6.45, 7) is 1.58. The minimum Gasteiger partial charge on any atom is -0.481 e. The number of para-hydroxylation sites is 2. The fourth-order valence-electron chi connectivity index (χ4n) is 1.49. The summed E-state index contributed by atoms with van der Waals surface area (Å²) in [5.41, 5.74) is 1.51. The molecule has 1 amide bonds. The van der Waals surface area contributed by atoms with Crippen molar-refractivity contribution in [3.05, 3.63) is 36.2 Å². The number of nitrogens with one attached hydrogen (secondary N) is 1. The van der Waals surface area contributed by atoms with Gasteiger partial charge in [0.2, 0.25) is 0 Å². The number of hydrogen-bond donors (Lipinski definition) is 2. The van der Waals surface area contributed by atoms with Crippen LogP contribution in [0.3, 0.4) is 0 Å². The summed E-state index contributed by atoms with van der Waals surface area (Å²) >= 11 is 0. The molecule has 0 aliphatic carbocycles. The lowest BCUT2D eigenvalue weighted by Crippen LogP contribution is -2.32. The molecular weight excluding hydrogens is 246 g/mol. The summed E-state index contributed by atoms with van der Waals surface area (Å²) in [7, 11) is 0. The van der Waals surface area contributed by atoms with Crippen molar-refractivity contribution in [3.63, 3.8) is 0 Å². The summed E-state index contributed by atoms with van der Waals surface area (Å²) < 4.78 is 0. The van der Waals surface area contributed by atoms with Crippen LogP contribution in [0.25, 0.3) is 11.0 Å². The number of carboxylic acid groups (broad SMARTS) is 1. The van der Waals surface area contributed by atoms with E-state index >= 15 is 0 Å². The number of rotatable bonds is 4. The lowest BCUT2D eigenvalue weighted by atomic mass is 10.2. The second kappa shape index (κ2) is 5.43. The Balaban J connectivity index is 2.11. The van der Waals surface area contributed by atoms with E-state index in [9.17, 15) is 9.59 Å². The number of carbonyl (C=O) groups excluding carboxylic acids is 1. The largest absolute Gasteiger partial charge is 0.481 e. The van der Waals surface area contributed by atoms with Gasteiger partial charge in [-0.2, -0.15) is 0 Å². The van der Waals surface area contributed by atoms with Crippen molar-refractivity contribution in [2.24, 2.45) is 5.92 Å². The van der Waals surface area contributed by atoms with Crippen molar-refractivity contribution in [2.45, 2.75) is 6.92 Å². The van der Waals surface area contributed by atoms with E-state index in [1.165, 1.54) is 13.1 Å². The molecule has 1 aromatic carbocycles. The molecular formula is C13H13N3O3. The Labute approximate surface area is 109 Å². The molecule has 1 atom stereocenters.